The number of ether oxygens (including phenoxy) is 1. The lowest BCUT2D eigenvalue weighted by Crippen LogP contribution is -2.36. The van der Waals surface area contributed by atoms with Crippen LogP contribution in [0.5, 0.6) is 5.75 Å². The SMILES string of the molecule is CCC(C)CN1CCOc2cc3c(cc21)CCNCC3. The zero-order valence-electron chi connectivity index (χ0n) is 12.7. The highest BCUT2D eigenvalue weighted by atomic mass is 16.5. The molecule has 2 aliphatic heterocycles. The number of nitrogens with one attached hydrogen (secondary N) is 1. The first-order chi connectivity index (χ1) is 9.78. The van der Waals surface area contributed by atoms with Crippen LogP contribution in [0.1, 0.15) is 31.4 Å². The quantitative estimate of drug-likeness (QED) is 0.917. The summed E-state index contributed by atoms with van der Waals surface area (Å²) in [5, 5.41) is 3.48. The van der Waals surface area contributed by atoms with Gasteiger partial charge in [0.25, 0.3) is 0 Å². The van der Waals surface area contributed by atoms with Crippen LogP contribution >= 0.6 is 0 Å². The fourth-order valence-electron chi connectivity index (χ4n) is 3.13. The zero-order chi connectivity index (χ0) is 13.9. The largest absolute Gasteiger partial charge is 0.490 e. The van der Waals surface area contributed by atoms with Gasteiger partial charge in [0.1, 0.15) is 12.4 Å². The van der Waals surface area contributed by atoms with Gasteiger partial charge in [-0.3, -0.25) is 0 Å². The van der Waals surface area contributed by atoms with Gasteiger partial charge in [-0.05, 0) is 55.1 Å². The molecule has 0 aliphatic carbocycles. The molecule has 0 radical (unpaired) electrons. The van der Waals surface area contributed by atoms with E-state index in [1.165, 1.54) is 23.2 Å². The van der Waals surface area contributed by atoms with Crippen LogP contribution in [-0.4, -0.2) is 32.8 Å². The maximum atomic E-state index is 5.91. The molecule has 110 valence electrons. The van der Waals surface area contributed by atoms with Crippen molar-refractivity contribution in [2.75, 3.05) is 37.7 Å². The molecule has 3 nitrogen and oxygen atoms in total. The molecule has 1 N–H and O–H groups in total. The standard InChI is InChI=1S/C17H26N2O/c1-3-13(2)12-19-8-9-20-17-11-15-5-7-18-6-4-14(15)10-16(17)19/h10-11,13,18H,3-9,12H2,1-2H3. The minimum atomic E-state index is 0.737. The molecule has 0 fully saturated rings. The van der Waals surface area contributed by atoms with Gasteiger partial charge in [0.2, 0.25) is 0 Å². The minimum Gasteiger partial charge on any atom is -0.490 e. The first-order valence-electron chi connectivity index (χ1n) is 8.02. The van der Waals surface area contributed by atoms with Gasteiger partial charge in [-0.15, -0.1) is 0 Å². The first-order valence-corrected chi connectivity index (χ1v) is 8.02. The van der Waals surface area contributed by atoms with Crippen LogP contribution in [0, 0.1) is 5.92 Å². The number of anilines is 1. The summed E-state index contributed by atoms with van der Waals surface area (Å²) in [4.78, 5) is 2.52. The van der Waals surface area contributed by atoms with E-state index in [4.69, 9.17) is 4.74 Å². The first kappa shape index (κ1) is 13.7. The number of nitrogens with zero attached hydrogens (tertiary/aromatic N) is 1. The van der Waals surface area contributed by atoms with Gasteiger partial charge in [0, 0.05) is 6.54 Å². The van der Waals surface area contributed by atoms with Crippen molar-refractivity contribution >= 4 is 5.69 Å². The molecule has 0 aromatic heterocycles. The molecule has 2 heterocycles. The molecule has 0 bridgehead atoms. The number of hydrogen-bond donors (Lipinski definition) is 1. The fourth-order valence-corrected chi connectivity index (χ4v) is 3.13. The van der Waals surface area contributed by atoms with Crippen LogP contribution in [0.15, 0.2) is 12.1 Å². The van der Waals surface area contributed by atoms with Gasteiger partial charge < -0.3 is 15.0 Å². The van der Waals surface area contributed by atoms with E-state index in [0.29, 0.717) is 0 Å². The normalized spacial score (nSPS) is 19.6. The average Bonchev–Trinajstić information content (AvgIpc) is 2.70. The Kier molecular flexibility index (Phi) is 4.16. The van der Waals surface area contributed by atoms with Crippen LogP contribution in [0.3, 0.4) is 0 Å². The topological polar surface area (TPSA) is 24.5 Å². The molecule has 0 saturated heterocycles. The smallest absolute Gasteiger partial charge is 0.142 e. The number of fused-ring (bicyclic) bond motifs is 2. The van der Waals surface area contributed by atoms with Gasteiger partial charge in [-0.2, -0.15) is 0 Å². The number of benzene rings is 1. The van der Waals surface area contributed by atoms with Crippen LogP contribution in [-0.2, 0) is 12.8 Å². The van der Waals surface area contributed by atoms with Crippen LogP contribution in [0.2, 0.25) is 0 Å². The molecule has 1 aromatic rings. The molecule has 2 aliphatic rings. The van der Waals surface area contributed by atoms with Gasteiger partial charge in [-0.25, -0.2) is 0 Å². The molecular formula is C17H26N2O. The Morgan fingerprint density at radius 3 is 2.75 bits per heavy atom. The Hall–Kier alpha value is -1.22. The van der Waals surface area contributed by atoms with Gasteiger partial charge in [0.15, 0.2) is 0 Å². The lowest BCUT2D eigenvalue weighted by molar-refractivity contribution is 0.303. The average molecular weight is 274 g/mol. The van der Waals surface area contributed by atoms with E-state index >= 15 is 0 Å². The lowest BCUT2D eigenvalue weighted by atomic mass is 9.99. The van der Waals surface area contributed by atoms with E-state index in [1.54, 1.807) is 0 Å². The van der Waals surface area contributed by atoms with Crippen molar-refractivity contribution in [1.82, 2.24) is 5.32 Å². The van der Waals surface area contributed by atoms with Gasteiger partial charge in [0.05, 0.1) is 12.2 Å². The van der Waals surface area contributed by atoms with E-state index in [-0.39, 0.29) is 0 Å². The van der Waals surface area contributed by atoms with Crippen molar-refractivity contribution in [2.24, 2.45) is 5.92 Å². The Morgan fingerprint density at radius 1 is 1.25 bits per heavy atom. The third-order valence-electron chi connectivity index (χ3n) is 4.61. The second-order valence-electron chi connectivity index (χ2n) is 6.15. The summed E-state index contributed by atoms with van der Waals surface area (Å²) in [7, 11) is 0. The molecule has 0 spiro atoms. The highest BCUT2D eigenvalue weighted by molar-refractivity contribution is 5.63. The Bertz CT molecular complexity index is 472. The molecule has 1 aromatic carbocycles. The van der Waals surface area contributed by atoms with Crippen molar-refractivity contribution in [3.8, 4) is 5.75 Å². The molecule has 20 heavy (non-hydrogen) atoms. The Balaban J connectivity index is 1.90. The molecule has 3 heteroatoms. The van der Waals surface area contributed by atoms with Crippen molar-refractivity contribution in [3.63, 3.8) is 0 Å². The molecule has 0 saturated carbocycles. The Morgan fingerprint density at radius 2 is 2.00 bits per heavy atom. The van der Waals surface area contributed by atoms with E-state index in [0.717, 1.165) is 57.3 Å². The van der Waals surface area contributed by atoms with E-state index in [9.17, 15) is 0 Å². The highest BCUT2D eigenvalue weighted by Gasteiger charge is 2.22. The predicted octanol–water partition coefficient (Wildman–Crippen LogP) is 2.62. The molecule has 1 unspecified atom stereocenters. The van der Waals surface area contributed by atoms with Crippen molar-refractivity contribution in [2.45, 2.75) is 33.1 Å². The summed E-state index contributed by atoms with van der Waals surface area (Å²) in [6.45, 7) is 9.77. The number of rotatable bonds is 3. The third-order valence-corrected chi connectivity index (χ3v) is 4.61. The summed E-state index contributed by atoms with van der Waals surface area (Å²) < 4.78 is 5.91. The summed E-state index contributed by atoms with van der Waals surface area (Å²) >= 11 is 0. The third kappa shape index (κ3) is 2.78. The van der Waals surface area contributed by atoms with E-state index in [2.05, 4.69) is 36.2 Å². The predicted molar refractivity (Wildman–Crippen MR) is 83.9 cm³/mol. The Labute approximate surface area is 122 Å². The zero-order valence-corrected chi connectivity index (χ0v) is 12.7. The second kappa shape index (κ2) is 6.04. The van der Waals surface area contributed by atoms with E-state index in [1.807, 2.05) is 0 Å². The van der Waals surface area contributed by atoms with Crippen LogP contribution in [0.25, 0.3) is 0 Å². The van der Waals surface area contributed by atoms with Crippen molar-refractivity contribution in [3.05, 3.63) is 23.3 Å². The van der Waals surface area contributed by atoms with Crippen LogP contribution < -0.4 is 15.0 Å². The summed E-state index contributed by atoms with van der Waals surface area (Å²) in [5.41, 5.74) is 4.30. The van der Waals surface area contributed by atoms with Crippen molar-refractivity contribution < 1.29 is 4.74 Å². The molecule has 0 amide bonds. The molecule has 3 rings (SSSR count). The maximum absolute atomic E-state index is 5.91. The van der Waals surface area contributed by atoms with Gasteiger partial charge in [-0.1, -0.05) is 20.3 Å². The lowest BCUT2D eigenvalue weighted by Gasteiger charge is -2.34. The molecule has 1 atom stereocenters. The fraction of sp³-hybridized carbons (Fsp3) is 0.647. The highest BCUT2D eigenvalue weighted by Crippen LogP contribution is 2.35. The maximum Gasteiger partial charge on any atom is 0.142 e. The minimum absolute atomic E-state index is 0.737. The van der Waals surface area contributed by atoms with Crippen LogP contribution in [0.4, 0.5) is 5.69 Å². The monoisotopic (exact) mass is 274 g/mol. The summed E-state index contributed by atoms with van der Waals surface area (Å²) in [6, 6.07) is 4.68. The van der Waals surface area contributed by atoms with Crippen molar-refractivity contribution in [1.29, 1.82) is 0 Å². The number of hydrogen-bond acceptors (Lipinski definition) is 3. The summed E-state index contributed by atoms with van der Waals surface area (Å²) in [5.74, 6) is 1.83. The second-order valence-corrected chi connectivity index (χ2v) is 6.15. The molecular weight excluding hydrogens is 248 g/mol. The van der Waals surface area contributed by atoms with E-state index < -0.39 is 0 Å². The summed E-state index contributed by atoms with van der Waals surface area (Å²) in [6.07, 6.45) is 3.50. The van der Waals surface area contributed by atoms with Gasteiger partial charge >= 0.3 is 0 Å².